The smallest absolute Gasteiger partial charge is 0.236 e. The lowest BCUT2D eigenvalue weighted by molar-refractivity contribution is -0.122. The third-order valence-corrected chi connectivity index (χ3v) is 4.58. The Kier molecular flexibility index (Phi) is 6.26. The van der Waals surface area contributed by atoms with E-state index in [1.54, 1.807) is 0 Å². The number of nitrogens with zero attached hydrogens (tertiary/aromatic N) is 1. The Morgan fingerprint density at radius 3 is 2.95 bits per heavy atom. The first kappa shape index (κ1) is 17.3. The minimum Gasteiger partial charge on any atom is -0.371 e. The topological polar surface area (TPSA) is 58.4 Å². The van der Waals surface area contributed by atoms with Crippen LogP contribution >= 0.6 is 15.9 Å². The highest BCUT2D eigenvalue weighted by Crippen LogP contribution is 2.25. The van der Waals surface area contributed by atoms with Crippen molar-refractivity contribution in [3.8, 4) is 0 Å². The SMILES string of the molecule is CC(C)C[C@H](N)C(=O)NCC1CCN(c2cccc(Br)c2)C1. The first-order valence-electron chi connectivity index (χ1n) is 7.99. The van der Waals surface area contributed by atoms with Crippen LogP contribution in [0.5, 0.6) is 0 Å². The first-order chi connectivity index (χ1) is 10.5. The molecule has 0 bridgehead atoms. The summed E-state index contributed by atoms with van der Waals surface area (Å²) in [6.45, 7) is 6.90. The van der Waals surface area contributed by atoms with Gasteiger partial charge in [-0.25, -0.2) is 0 Å². The molecule has 1 amide bonds. The fraction of sp³-hybridized carbons (Fsp3) is 0.588. The largest absolute Gasteiger partial charge is 0.371 e. The fourth-order valence-electron chi connectivity index (χ4n) is 2.90. The molecule has 1 aliphatic rings. The second-order valence-electron chi connectivity index (χ2n) is 6.56. The molecule has 1 heterocycles. The molecule has 2 atom stereocenters. The maximum Gasteiger partial charge on any atom is 0.236 e. The predicted molar refractivity (Wildman–Crippen MR) is 94.9 cm³/mol. The van der Waals surface area contributed by atoms with E-state index in [4.69, 9.17) is 5.73 Å². The van der Waals surface area contributed by atoms with Gasteiger partial charge in [-0.1, -0.05) is 35.8 Å². The maximum absolute atomic E-state index is 12.0. The summed E-state index contributed by atoms with van der Waals surface area (Å²) in [5, 5.41) is 3.01. The zero-order chi connectivity index (χ0) is 16.1. The number of carbonyl (C=O) groups is 1. The van der Waals surface area contributed by atoms with Crippen LogP contribution in [0.1, 0.15) is 26.7 Å². The minimum absolute atomic E-state index is 0.0189. The molecule has 1 aliphatic heterocycles. The number of hydrogen-bond acceptors (Lipinski definition) is 3. The summed E-state index contributed by atoms with van der Waals surface area (Å²) in [5.41, 5.74) is 7.15. The number of anilines is 1. The third-order valence-electron chi connectivity index (χ3n) is 4.09. The number of nitrogens with two attached hydrogens (primary N) is 1. The van der Waals surface area contributed by atoms with Crippen molar-refractivity contribution in [1.29, 1.82) is 0 Å². The summed E-state index contributed by atoms with van der Waals surface area (Å²) in [6.07, 6.45) is 1.84. The monoisotopic (exact) mass is 367 g/mol. The van der Waals surface area contributed by atoms with E-state index in [1.165, 1.54) is 5.69 Å². The van der Waals surface area contributed by atoms with Gasteiger partial charge >= 0.3 is 0 Å². The van der Waals surface area contributed by atoms with Crippen molar-refractivity contribution in [3.05, 3.63) is 28.7 Å². The van der Waals surface area contributed by atoms with Gasteiger partial charge in [0.15, 0.2) is 0 Å². The maximum atomic E-state index is 12.0. The number of benzene rings is 1. The second-order valence-corrected chi connectivity index (χ2v) is 7.48. The van der Waals surface area contributed by atoms with Gasteiger partial charge in [0, 0.05) is 29.8 Å². The Morgan fingerprint density at radius 1 is 1.50 bits per heavy atom. The van der Waals surface area contributed by atoms with Gasteiger partial charge in [-0.2, -0.15) is 0 Å². The van der Waals surface area contributed by atoms with E-state index in [1.807, 2.05) is 6.07 Å². The molecule has 0 spiro atoms. The molecule has 4 nitrogen and oxygen atoms in total. The third kappa shape index (κ3) is 4.99. The van der Waals surface area contributed by atoms with Crippen LogP contribution < -0.4 is 16.0 Å². The zero-order valence-corrected chi connectivity index (χ0v) is 15.0. The van der Waals surface area contributed by atoms with Crippen LogP contribution in [0.3, 0.4) is 0 Å². The van der Waals surface area contributed by atoms with Crippen molar-refractivity contribution in [2.45, 2.75) is 32.7 Å². The summed E-state index contributed by atoms with van der Waals surface area (Å²) in [7, 11) is 0. The lowest BCUT2D eigenvalue weighted by atomic mass is 10.0. The van der Waals surface area contributed by atoms with E-state index in [-0.39, 0.29) is 11.9 Å². The molecule has 0 radical (unpaired) electrons. The van der Waals surface area contributed by atoms with E-state index in [2.05, 4.69) is 58.2 Å². The summed E-state index contributed by atoms with van der Waals surface area (Å²) in [5.74, 6) is 0.919. The van der Waals surface area contributed by atoms with Crippen LogP contribution in [-0.2, 0) is 4.79 Å². The Balaban J connectivity index is 1.78. The molecular formula is C17H26BrN3O. The van der Waals surface area contributed by atoms with Crippen LogP contribution in [0.25, 0.3) is 0 Å². The number of hydrogen-bond donors (Lipinski definition) is 2. The average molecular weight is 368 g/mol. The number of nitrogens with one attached hydrogen (secondary N) is 1. The summed E-state index contributed by atoms with van der Waals surface area (Å²) in [4.78, 5) is 14.3. The molecule has 2 rings (SSSR count). The van der Waals surface area contributed by atoms with Crippen LogP contribution in [0, 0.1) is 11.8 Å². The standard InChI is InChI=1S/C17H26BrN3O/c1-12(2)8-16(19)17(22)20-10-13-6-7-21(11-13)15-5-3-4-14(18)9-15/h3-5,9,12-13,16H,6-8,10-11,19H2,1-2H3,(H,20,22)/t13?,16-/m0/s1. The number of halogens is 1. The van der Waals surface area contributed by atoms with Gasteiger partial charge in [0.25, 0.3) is 0 Å². The Bertz CT molecular complexity index is 506. The lowest BCUT2D eigenvalue weighted by Crippen LogP contribution is -2.43. The molecule has 1 fully saturated rings. The van der Waals surface area contributed by atoms with E-state index in [0.29, 0.717) is 11.8 Å². The molecular weight excluding hydrogens is 342 g/mol. The molecule has 1 aromatic rings. The van der Waals surface area contributed by atoms with Gasteiger partial charge in [0.05, 0.1) is 6.04 Å². The molecule has 122 valence electrons. The summed E-state index contributed by atoms with van der Waals surface area (Å²) >= 11 is 3.51. The molecule has 0 aromatic heterocycles. The zero-order valence-electron chi connectivity index (χ0n) is 13.4. The van der Waals surface area contributed by atoms with E-state index in [9.17, 15) is 4.79 Å². The Morgan fingerprint density at radius 2 is 2.27 bits per heavy atom. The van der Waals surface area contributed by atoms with Gasteiger partial charge in [-0.15, -0.1) is 0 Å². The second kappa shape index (κ2) is 7.97. The molecule has 5 heteroatoms. The van der Waals surface area contributed by atoms with Crippen LogP contribution in [0.2, 0.25) is 0 Å². The highest BCUT2D eigenvalue weighted by atomic mass is 79.9. The molecule has 0 aliphatic carbocycles. The van der Waals surface area contributed by atoms with Gasteiger partial charge in [-0.3, -0.25) is 4.79 Å². The van der Waals surface area contributed by atoms with Crippen LogP contribution in [0.15, 0.2) is 28.7 Å². The molecule has 1 saturated heterocycles. The number of carbonyl (C=O) groups excluding carboxylic acids is 1. The Labute approximate surface area is 141 Å². The number of rotatable bonds is 6. The molecule has 3 N–H and O–H groups in total. The predicted octanol–water partition coefficient (Wildman–Crippen LogP) is 2.77. The molecule has 1 aromatic carbocycles. The van der Waals surface area contributed by atoms with Gasteiger partial charge in [-0.05, 0) is 42.9 Å². The van der Waals surface area contributed by atoms with Crippen molar-refractivity contribution in [1.82, 2.24) is 5.32 Å². The van der Waals surface area contributed by atoms with E-state index < -0.39 is 0 Å². The highest BCUT2D eigenvalue weighted by Gasteiger charge is 2.24. The quantitative estimate of drug-likeness (QED) is 0.812. The van der Waals surface area contributed by atoms with Crippen molar-refractivity contribution in [3.63, 3.8) is 0 Å². The summed E-state index contributed by atoms with van der Waals surface area (Å²) < 4.78 is 1.10. The summed E-state index contributed by atoms with van der Waals surface area (Å²) in [6, 6.07) is 7.97. The lowest BCUT2D eigenvalue weighted by Gasteiger charge is -2.20. The highest BCUT2D eigenvalue weighted by molar-refractivity contribution is 9.10. The Hall–Kier alpha value is -1.07. The molecule has 1 unspecified atom stereocenters. The average Bonchev–Trinajstić information content (AvgIpc) is 2.93. The molecule has 22 heavy (non-hydrogen) atoms. The van der Waals surface area contributed by atoms with E-state index >= 15 is 0 Å². The van der Waals surface area contributed by atoms with Crippen LogP contribution in [0.4, 0.5) is 5.69 Å². The van der Waals surface area contributed by atoms with E-state index in [0.717, 1.165) is 36.9 Å². The normalized spacial score (nSPS) is 19.5. The number of amides is 1. The first-order valence-corrected chi connectivity index (χ1v) is 8.79. The van der Waals surface area contributed by atoms with Gasteiger partial charge < -0.3 is 16.0 Å². The van der Waals surface area contributed by atoms with Crippen LogP contribution in [-0.4, -0.2) is 31.6 Å². The van der Waals surface area contributed by atoms with Gasteiger partial charge in [0.1, 0.15) is 0 Å². The van der Waals surface area contributed by atoms with Crippen molar-refractivity contribution in [2.24, 2.45) is 17.6 Å². The fourth-order valence-corrected chi connectivity index (χ4v) is 3.28. The minimum atomic E-state index is -0.386. The van der Waals surface area contributed by atoms with Crippen molar-refractivity contribution >= 4 is 27.5 Å². The van der Waals surface area contributed by atoms with Crippen molar-refractivity contribution < 1.29 is 4.79 Å². The molecule has 0 saturated carbocycles. The van der Waals surface area contributed by atoms with Crippen molar-refractivity contribution in [2.75, 3.05) is 24.5 Å². The van der Waals surface area contributed by atoms with Gasteiger partial charge in [0.2, 0.25) is 5.91 Å².